The van der Waals surface area contributed by atoms with Crippen molar-refractivity contribution in [2.24, 2.45) is 23.5 Å². The van der Waals surface area contributed by atoms with E-state index in [0.29, 0.717) is 0 Å². The number of hydrogen-bond acceptors (Lipinski definition) is 1. The molecule has 3 unspecified atom stereocenters. The Morgan fingerprint density at radius 1 is 1.33 bits per heavy atom. The van der Waals surface area contributed by atoms with Crippen molar-refractivity contribution in [1.82, 2.24) is 0 Å². The molecule has 1 aliphatic rings. The molecule has 1 aliphatic carbocycles. The maximum atomic E-state index is 5.78. The van der Waals surface area contributed by atoms with Crippen molar-refractivity contribution >= 4 is 0 Å². The molecule has 0 aromatic rings. The Hall–Kier alpha value is -0.300. The summed E-state index contributed by atoms with van der Waals surface area (Å²) in [4.78, 5) is 0. The lowest BCUT2D eigenvalue weighted by molar-refractivity contribution is 0.203. The van der Waals surface area contributed by atoms with Crippen LogP contribution in [0.1, 0.15) is 51.9 Å². The van der Waals surface area contributed by atoms with Crippen LogP contribution in [-0.4, -0.2) is 6.54 Å². The van der Waals surface area contributed by atoms with E-state index in [1.165, 1.54) is 44.9 Å². The van der Waals surface area contributed by atoms with E-state index in [0.717, 1.165) is 24.3 Å². The Kier molecular flexibility index (Phi) is 6.00. The lowest BCUT2D eigenvalue weighted by Gasteiger charge is -2.34. The molecule has 2 N–H and O–H groups in total. The van der Waals surface area contributed by atoms with E-state index < -0.39 is 0 Å². The van der Waals surface area contributed by atoms with Gasteiger partial charge in [0.15, 0.2) is 0 Å². The number of hydrogen-bond donors (Lipinski definition) is 1. The second-order valence-corrected chi connectivity index (χ2v) is 5.07. The molecule has 3 atom stereocenters. The normalized spacial score (nSPS) is 31.5. The van der Waals surface area contributed by atoms with Gasteiger partial charge < -0.3 is 5.73 Å². The van der Waals surface area contributed by atoms with Gasteiger partial charge in [0.2, 0.25) is 0 Å². The first-order valence-corrected chi connectivity index (χ1v) is 6.64. The molecular formula is C14H27N. The zero-order valence-electron chi connectivity index (χ0n) is 10.3. The van der Waals surface area contributed by atoms with Crippen molar-refractivity contribution in [3.05, 3.63) is 12.7 Å². The zero-order chi connectivity index (χ0) is 11.1. The SMILES string of the molecule is C=CC1CCC(CN)CC1CCCCC. The summed E-state index contributed by atoms with van der Waals surface area (Å²) in [6, 6.07) is 0. The first kappa shape index (κ1) is 12.8. The van der Waals surface area contributed by atoms with E-state index in [9.17, 15) is 0 Å². The minimum absolute atomic E-state index is 0.768. The molecule has 0 heterocycles. The molecule has 0 aromatic carbocycles. The summed E-state index contributed by atoms with van der Waals surface area (Å²) in [7, 11) is 0. The number of unbranched alkanes of at least 4 members (excludes halogenated alkanes) is 2. The predicted octanol–water partition coefficient (Wildman–Crippen LogP) is 3.74. The quantitative estimate of drug-likeness (QED) is 0.523. The predicted molar refractivity (Wildman–Crippen MR) is 67.7 cm³/mol. The highest BCUT2D eigenvalue weighted by molar-refractivity contribution is 4.90. The van der Waals surface area contributed by atoms with E-state index in [4.69, 9.17) is 5.73 Å². The number of nitrogens with two attached hydrogens (primary N) is 1. The summed E-state index contributed by atoms with van der Waals surface area (Å²) in [6.45, 7) is 7.14. The molecule has 0 aromatic heterocycles. The Morgan fingerprint density at radius 2 is 2.13 bits per heavy atom. The van der Waals surface area contributed by atoms with Crippen molar-refractivity contribution in [2.75, 3.05) is 6.54 Å². The van der Waals surface area contributed by atoms with Gasteiger partial charge in [-0.15, -0.1) is 6.58 Å². The van der Waals surface area contributed by atoms with Crippen LogP contribution in [-0.2, 0) is 0 Å². The fraction of sp³-hybridized carbons (Fsp3) is 0.857. The smallest absolute Gasteiger partial charge is 0.00488 e. The molecule has 0 amide bonds. The number of allylic oxidation sites excluding steroid dienone is 1. The lowest BCUT2D eigenvalue weighted by Crippen LogP contribution is -2.28. The molecule has 1 saturated carbocycles. The molecule has 0 aliphatic heterocycles. The van der Waals surface area contributed by atoms with E-state index in [1.54, 1.807) is 0 Å². The van der Waals surface area contributed by atoms with Gasteiger partial charge in [0, 0.05) is 0 Å². The van der Waals surface area contributed by atoms with Gasteiger partial charge >= 0.3 is 0 Å². The van der Waals surface area contributed by atoms with Crippen molar-refractivity contribution in [2.45, 2.75) is 51.9 Å². The zero-order valence-corrected chi connectivity index (χ0v) is 10.3. The van der Waals surface area contributed by atoms with Gasteiger partial charge in [-0.05, 0) is 50.0 Å². The van der Waals surface area contributed by atoms with Crippen LogP contribution in [0.2, 0.25) is 0 Å². The van der Waals surface area contributed by atoms with E-state index in [1.807, 2.05) is 0 Å². The molecular weight excluding hydrogens is 182 g/mol. The molecule has 1 fully saturated rings. The first-order valence-electron chi connectivity index (χ1n) is 6.64. The minimum atomic E-state index is 0.768. The second-order valence-electron chi connectivity index (χ2n) is 5.07. The first-order chi connectivity index (χ1) is 7.31. The molecule has 0 saturated heterocycles. The van der Waals surface area contributed by atoms with Crippen molar-refractivity contribution in [1.29, 1.82) is 0 Å². The number of rotatable bonds is 6. The molecule has 1 rings (SSSR count). The molecule has 1 nitrogen and oxygen atoms in total. The van der Waals surface area contributed by atoms with Gasteiger partial charge in [-0.2, -0.15) is 0 Å². The third-order valence-corrected chi connectivity index (χ3v) is 3.96. The molecule has 88 valence electrons. The van der Waals surface area contributed by atoms with Crippen molar-refractivity contribution in [3.63, 3.8) is 0 Å². The van der Waals surface area contributed by atoms with Crippen molar-refractivity contribution in [3.8, 4) is 0 Å². The third-order valence-electron chi connectivity index (χ3n) is 3.96. The maximum Gasteiger partial charge on any atom is -0.00488 e. The van der Waals surface area contributed by atoms with Crippen molar-refractivity contribution < 1.29 is 0 Å². The largest absolute Gasteiger partial charge is 0.330 e. The van der Waals surface area contributed by atoms with E-state index in [-0.39, 0.29) is 0 Å². The Morgan fingerprint density at radius 3 is 2.73 bits per heavy atom. The van der Waals surface area contributed by atoms with Crippen LogP contribution < -0.4 is 5.73 Å². The molecule has 15 heavy (non-hydrogen) atoms. The summed E-state index contributed by atoms with van der Waals surface area (Å²) >= 11 is 0. The highest BCUT2D eigenvalue weighted by Gasteiger charge is 2.27. The molecule has 1 heteroatoms. The van der Waals surface area contributed by atoms with Crippen LogP contribution in [0.4, 0.5) is 0 Å². The Balaban J connectivity index is 2.36. The highest BCUT2D eigenvalue weighted by atomic mass is 14.6. The van der Waals surface area contributed by atoms with Gasteiger partial charge in [0.25, 0.3) is 0 Å². The molecule has 0 radical (unpaired) electrons. The minimum Gasteiger partial charge on any atom is -0.330 e. The standard InChI is InChI=1S/C14H27N/c1-3-5-6-7-14-10-12(11-15)8-9-13(14)4-2/h4,12-14H,2-3,5-11,15H2,1H3. The van der Waals surface area contributed by atoms with E-state index in [2.05, 4.69) is 19.6 Å². The van der Waals surface area contributed by atoms with Crippen LogP contribution >= 0.6 is 0 Å². The molecule has 0 bridgehead atoms. The monoisotopic (exact) mass is 209 g/mol. The van der Waals surface area contributed by atoms with Gasteiger partial charge in [-0.25, -0.2) is 0 Å². The average molecular weight is 209 g/mol. The fourth-order valence-corrected chi connectivity index (χ4v) is 2.90. The summed E-state index contributed by atoms with van der Waals surface area (Å²) in [5, 5.41) is 0. The lowest BCUT2D eigenvalue weighted by atomic mass is 9.72. The maximum absolute atomic E-state index is 5.78. The van der Waals surface area contributed by atoms with Gasteiger partial charge in [-0.1, -0.05) is 32.3 Å². The van der Waals surface area contributed by atoms with Gasteiger partial charge in [0.05, 0.1) is 0 Å². The summed E-state index contributed by atoms with van der Waals surface area (Å²) in [5.74, 6) is 2.42. The Labute approximate surface area is 95.1 Å². The second kappa shape index (κ2) is 7.05. The average Bonchev–Trinajstić information content (AvgIpc) is 2.29. The van der Waals surface area contributed by atoms with Crippen LogP contribution in [0.3, 0.4) is 0 Å². The van der Waals surface area contributed by atoms with E-state index >= 15 is 0 Å². The van der Waals surface area contributed by atoms with Gasteiger partial charge in [0.1, 0.15) is 0 Å². The van der Waals surface area contributed by atoms with Crippen LogP contribution in [0.5, 0.6) is 0 Å². The van der Waals surface area contributed by atoms with Gasteiger partial charge in [-0.3, -0.25) is 0 Å². The topological polar surface area (TPSA) is 26.0 Å². The van der Waals surface area contributed by atoms with Crippen LogP contribution in [0.25, 0.3) is 0 Å². The Bertz CT molecular complexity index is 176. The third kappa shape index (κ3) is 3.98. The van der Waals surface area contributed by atoms with Crippen LogP contribution in [0.15, 0.2) is 12.7 Å². The fourth-order valence-electron chi connectivity index (χ4n) is 2.90. The summed E-state index contributed by atoms with van der Waals surface area (Å²) in [5.41, 5.74) is 5.78. The summed E-state index contributed by atoms with van der Waals surface area (Å²) < 4.78 is 0. The highest BCUT2D eigenvalue weighted by Crippen LogP contribution is 2.37. The summed E-state index contributed by atoms with van der Waals surface area (Å²) in [6.07, 6.45) is 11.7. The molecule has 0 spiro atoms. The van der Waals surface area contributed by atoms with Crippen LogP contribution in [0, 0.1) is 17.8 Å².